The van der Waals surface area contributed by atoms with Crippen molar-refractivity contribution in [2.45, 2.75) is 27.7 Å². The molecule has 0 aliphatic rings. The van der Waals surface area contributed by atoms with Crippen molar-refractivity contribution >= 4 is 11.5 Å². The third kappa shape index (κ3) is 3.55. The van der Waals surface area contributed by atoms with Gasteiger partial charge in [0.05, 0.1) is 0 Å². The molecule has 0 saturated heterocycles. The quantitative estimate of drug-likeness (QED) is 0.801. The molecule has 0 saturated carbocycles. The van der Waals surface area contributed by atoms with Gasteiger partial charge >= 0.3 is 0 Å². The highest BCUT2D eigenvalue weighted by Gasteiger charge is 2.05. The Morgan fingerprint density at radius 3 is 2.33 bits per heavy atom. The van der Waals surface area contributed by atoms with Crippen LogP contribution in [0.1, 0.15) is 25.1 Å². The van der Waals surface area contributed by atoms with Gasteiger partial charge in [0.1, 0.15) is 12.1 Å². The first kappa shape index (κ1) is 14.2. The Morgan fingerprint density at radius 1 is 1.00 bits per heavy atom. The van der Waals surface area contributed by atoms with Gasteiger partial charge < -0.3 is 4.90 Å². The Hall–Kier alpha value is -1.90. The summed E-state index contributed by atoms with van der Waals surface area (Å²) in [5, 5.41) is 0. The van der Waals surface area contributed by atoms with E-state index in [0.29, 0.717) is 0 Å². The van der Waals surface area contributed by atoms with Crippen LogP contribution in [-0.2, 0) is 0 Å². The topological polar surface area (TPSA) is 29.0 Å². The summed E-state index contributed by atoms with van der Waals surface area (Å²) < 4.78 is 0. The molecular weight excluding hydrogens is 222 g/mol. The molecule has 96 valence electrons. The molecule has 1 aromatic carbocycles. The second-order valence-corrected chi connectivity index (χ2v) is 3.92. The lowest BCUT2D eigenvalue weighted by Gasteiger charge is -2.18. The molecule has 0 aliphatic carbocycles. The zero-order valence-corrected chi connectivity index (χ0v) is 11.8. The van der Waals surface area contributed by atoms with E-state index in [0.717, 1.165) is 17.2 Å². The van der Waals surface area contributed by atoms with Gasteiger partial charge in [0.15, 0.2) is 0 Å². The number of hydrogen-bond donors (Lipinski definition) is 0. The van der Waals surface area contributed by atoms with Gasteiger partial charge in [-0.3, -0.25) is 0 Å². The molecule has 0 fully saturated rings. The number of benzene rings is 1. The van der Waals surface area contributed by atoms with Crippen LogP contribution in [0.4, 0.5) is 11.5 Å². The van der Waals surface area contributed by atoms with Crippen LogP contribution < -0.4 is 4.90 Å². The maximum Gasteiger partial charge on any atom is 0.136 e. The van der Waals surface area contributed by atoms with Crippen LogP contribution in [0, 0.1) is 13.8 Å². The number of aromatic nitrogens is 2. The molecule has 0 radical (unpaired) electrons. The van der Waals surface area contributed by atoms with E-state index in [2.05, 4.69) is 46.1 Å². The lowest BCUT2D eigenvalue weighted by Crippen LogP contribution is -2.11. The van der Waals surface area contributed by atoms with Gasteiger partial charge in [-0.15, -0.1) is 0 Å². The third-order valence-corrected chi connectivity index (χ3v) is 2.52. The van der Waals surface area contributed by atoms with E-state index in [4.69, 9.17) is 0 Å². The van der Waals surface area contributed by atoms with Gasteiger partial charge in [-0.25, -0.2) is 9.97 Å². The molecule has 0 unspecified atom stereocenters. The SMILES string of the molecule is CC.Cc1cccc(N(C)c2cc(C)ncn2)c1. The Labute approximate surface area is 110 Å². The van der Waals surface area contributed by atoms with Crippen molar-refractivity contribution in [1.82, 2.24) is 9.97 Å². The second kappa shape index (κ2) is 6.74. The standard InChI is InChI=1S/C13H15N3.C2H6/c1-10-5-4-6-12(7-10)16(3)13-8-11(2)14-9-15-13;1-2/h4-9H,1-3H3;1-2H3. The molecule has 0 bridgehead atoms. The molecule has 1 heterocycles. The lowest BCUT2D eigenvalue weighted by atomic mass is 10.2. The Balaban J connectivity index is 0.000000771. The fourth-order valence-electron chi connectivity index (χ4n) is 1.59. The number of rotatable bonds is 2. The highest BCUT2D eigenvalue weighted by atomic mass is 15.2. The largest absolute Gasteiger partial charge is 0.329 e. The highest BCUT2D eigenvalue weighted by molar-refractivity contribution is 5.59. The maximum atomic E-state index is 4.26. The summed E-state index contributed by atoms with van der Waals surface area (Å²) in [6.45, 7) is 8.05. The van der Waals surface area contributed by atoms with Crippen LogP contribution >= 0.6 is 0 Å². The molecule has 3 nitrogen and oxygen atoms in total. The zero-order valence-electron chi connectivity index (χ0n) is 11.8. The Morgan fingerprint density at radius 2 is 1.72 bits per heavy atom. The summed E-state index contributed by atoms with van der Waals surface area (Å²) in [6.07, 6.45) is 1.59. The predicted molar refractivity (Wildman–Crippen MR) is 77.4 cm³/mol. The maximum absolute atomic E-state index is 4.26. The van der Waals surface area contributed by atoms with E-state index in [1.165, 1.54) is 5.56 Å². The van der Waals surface area contributed by atoms with E-state index in [9.17, 15) is 0 Å². The molecule has 2 rings (SSSR count). The highest BCUT2D eigenvalue weighted by Crippen LogP contribution is 2.21. The molecule has 0 amide bonds. The van der Waals surface area contributed by atoms with E-state index in [1.807, 2.05) is 33.9 Å². The van der Waals surface area contributed by atoms with Gasteiger partial charge in [-0.2, -0.15) is 0 Å². The Kier molecular flexibility index (Phi) is 5.31. The van der Waals surface area contributed by atoms with E-state index in [-0.39, 0.29) is 0 Å². The summed E-state index contributed by atoms with van der Waals surface area (Å²) in [5.74, 6) is 0.915. The van der Waals surface area contributed by atoms with E-state index >= 15 is 0 Å². The zero-order chi connectivity index (χ0) is 13.5. The summed E-state index contributed by atoms with van der Waals surface area (Å²) in [5.41, 5.74) is 3.36. The second-order valence-electron chi connectivity index (χ2n) is 3.92. The monoisotopic (exact) mass is 243 g/mol. The minimum absolute atomic E-state index is 0.915. The third-order valence-electron chi connectivity index (χ3n) is 2.52. The van der Waals surface area contributed by atoms with Crippen LogP contribution in [0.15, 0.2) is 36.7 Å². The van der Waals surface area contributed by atoms with Crippen LogP contribution in [0.25, 0.3) is 0 Å². The fraction of sp³-hybridized carbons (Fsp3) is 0.333. The number of nitrogens with zero attached hydrogens (tertiary/aromatic N) is 3. The van der Waals surface area contributed by atoms with Crippen molar-refractivity contribution in [1.29, 1.82) is 0 Å². The van der Waals surface area contributed by atoms with Crippen molar-refractivity contribution in [3.8, 4) is 0 Å². The summed E-state index contributed by atoms with van der Waals surface area (Å²) in [6, 6.07) is 10.3. The van der Waals surface area contributed by atoms with Gasteiger partial charge in [0.25, 0.3) is 0 Å². The minimum Gasteiger partial charge on any atom is -0.329 e. The summed E-state index contributed by atoms with van der Waals surface area (Å²) in [4.78, 5) is 10.4. The van der Waals surface area contributed by atoms with Gasteiger partial charge in [-0.05, 0) is 31.5 Å². The summed E-state index contributed by atoms with van der Waals surface area (Å²) >= 11 is 0. The summed E-state index contributed by atoms with van der Waals surface area (Å²) in [7, 11) is 2.01. The molecule has 18 heavy (non-hydrogen) atoms. The van der Waals surface area contributed by atoms with E-state index in [1.54, 1.807) is 6.33 Å². The molecule has 1 aromatic heterocycles. The van der Waals surface area contributed by atoms with Crippen molar-refractivity contribution in [3.05, 3.63) is 47.9 Å². The molecule has 0 atom stereocenters. The van der Waals surface area contributed by atoms with Crippen molar-refractivity contribution in [2.24, 2.45) is 0 Å². The molecule has 3 heteroatoms. The van der Waals surface area contributed by atoms with Crippen LogP contribution in [0.2, 0.25) is 0 Å². The van der Waals surface area contributed by atoms with Crippen LogP contribution in [-0.4, -0.2) is 17.0 Å². The van der Waals surface area contributed by atoms with Crippen molar-refractivity contribution in [3.63, 3.8) is 0 Å². The first-order chi connectivity index (χ1) is 8.66. The fourth-order valence-corrected chi connectivity index (χ4v) is 1.59. The van der Waals surface area contributed by atoms with Gasteiger partial charge in [0.2, 0.25) is 0 Å². The number of aryl methyl sites for hydroxylation is 2. The van der Waals surface area contributed by atoms with Crippen molar-refractivity contribution < 1.29 is 0 Å². The predicted octanol–water partition coefficient (Wildman–Crippen LogP) is 3.89. The van der Waals surface area contributed by atoms with Crippen molar-refractivity contribution in [2.75, 3.05) is 11.9 Å². The van der Waals surface area contributed by atoms with Gasteiger partial charge in [-0.1, -0.05) is 26.0 Å². The number of anilines is 2. The average molecular weight is 243 g/mol. The number of hydrogen-bond acceptors (Lipinski definition) is 3. The lowest BCUT2D eigenvalue weighted by molar-refractivity contribution is 1.05. The smallest absolute Gasteiger partial charge is 0.136 e. The minimum atomic E-state index is 0.915. The molecule has 2 aromatic rings. The van der Waals surface area contributed by atoms with Crippen LogP contribution in [0.3, 0.4) is 0 Å². The first-order valence-corrected chi connectivity index (χ1v) is 6.26. The molecule has 0 spiro atoms. The molecule has 0 N–H and O–H groups in total. The molecular formula is C15H21N3. The first-order valence-electron chi connectivity index (χ1n) is 6.26. The van der Waals surface area contributed by atoms with Crippen LogP contribution in [0.5, 0.6) is 0 Å². The van der Waals surface area contributed by atoms with E-state index < -0.39 is 0 Å². The molecule has 0 aliphatic heterocycles. The Bertz CT molecular complexity index is 449. The normalized spacial score (nSPS) is 9.39. The van der Waals surface area contributed by atoms with Gasteiger partial charge in [0, 0.05) is 24.5 Å². The average Bonchev–Trinajstić information content (AvgIpc) is 2.40.